The molecule has 0 aliphatic carbocycles. The number of benzene rings is 1. The van der Waals surface area contributed by atoms with Crippen LogP contribution in [-0.2, 0) is 11.2 Å². The van der Waals surface area contributed by atoms with Crippen molar-refractivity contribution in [1.82, 2.24) is 0 Å². The fourth-order valence-electron chi connectivity index (χ4n) is 0.964. The van der Waals surface area contributed by atoms with Gasteiger partial charge in [-0.2, -0.15) is 0 Å². The van der Waals surface area contributed by atoms with E-state index in [1.54, 1.807) is 12.1 Å². The second-order valence-corrected chi connectivity index (χ2v) is 2.52. The van der Waals surface area contributed by atoms with Crippen LogP contribution in [0.3, 0.4) is 0 Å². The molecule has 0 radical (unpaired) electrons. The Hall–Kier alpha value is -1.51. The summed E-state index contributed by atoms with van der Waals surface area (Å²) in [6, 6.07) is 7.33. The first-order chi connectivity index (χ1) is 7.72. The molecule has 0 saturated carbocycles. The summed E-state index contributed by atoms with van der Waals surface area (Å²) in [6.45, 7) is 8.00. The molecule has 0 saturated heterocycles. The second-order valence-electron chi connectivity index (χ2n) is 2.52. The van der Waals surface area contributed by atoms with Gasteiger partial charge in [0.05, 0.1) is 6.42 Å². The summed E-state index contributed by atoms with van der Waals surface area (Å²) in [5.74, 6) is -0.799. The van der Waals surface area contributed by atoms with Crippen molar-refractivity contribution in [3.63, 3.8) is 0 Å². The molecule has 1 rings (SSSR count). The van der Waals surface area contributed by atoms with Gasteiger partial charge < -0.3 is 10.4 Å². The Morgan fingerprint density at radius 3 is 1.88 bits per heavy atom. The van der Waals surface area contributed by atoms with Crippen LogP contribution in [0, 0.1) is 0 Å². The third-order valence-electron chi connectivity index (χ3n) is 1.60. The van der Waals surface area contributed by atoms with Crippen LogP contribution in [0.1, 0.15) is 33.3 Å². The smallest absolute Gasteiger partial charge is 0.307 e. The highest BCUT2D eigenvalue weighted by atomic mass is 16.4. The Kier molecular flexibility index (Phi) is 12.2. The van der Waals surface area contributed by atoms with E-state index in [0.29, 0.717) is 0 Å². The SMILES string of the molecule is CC.CC.CNc1ccc(CC(=O)O)cc1. The highest BCUT2D eigenvalue weighted by Crippen LogP contribution is 2.08. The number of carbonyl (C=O) groups is 1. The van der Waals surface area contributed by atoms with Crippen molar-refractivity contribution >= 4 is 11.7 Å². The Morgan fingerprint density at radius 2 is 1.56 bits per heavy atom. The van der Waals surface area contributed by atoms with E-state index in [2.05, 4.69) is 5.32 Å². The van der Waals surface area contributed by atoms with Gasteiger partial charge in [0.15, 0.2) is 0 Å². The lowest BCUT2D eigenvalue weighted by Crippen LogP contribution is -1.99. The molecule has 0 unspecified atom stereocenters. The molecule has 1 aromatic carbocycles. The maximum Gasteiger partial charge on any atom is 0.307 e. The quantitative estimate of drug-likeness (QED) is 0.828. The predicted molar refractivity (Wildman–Crippen MR) is 70.0 cm³/mol. The molecule has 92 valence electrons. The van der Waals surface area contributed by atoms with E-state index in [1.807, 2.05) is 46.9 Å². The molecule has 0 heterocycles. The molecule has 2 N–H and O–H groups in total. The maximum absolute atomic E-state index is 10.3. The van der Waals surface area contributed by atoms with Crippen LogP contribution in [0.15, 0.2) is 24.3 Å². The maximum atomic E-state index is 10.3. The van der Waals surface area contributed by atoms with Crippen molar-refractivity contribution in [1.29, 1.82) is 0 Å². The van der Waals surface area contributed by atoms with E-state index < -0.39 is 5.97 Å². The molecule has 0 aliphatic heterocycles. The largest absolute Gasteiger partial charge is 0.481 e. The van der Waals surface area contributed by atoms with Crippen molar-refractivity contribution in [2.24, 2.45) is 0 Å². The van der Waals surface area contributed by atoms with E-state index in [4.69, 9.17) is 5.11 Å². The van der Waals surface area contributed by atoms with Crippen LogP contribution in [0.25, 0.3) is 0 Å². The summed E-state index contributed by atoms with van der Waals surface area (Å²) in [6.07, 6.45) is 0.0873. The van der Waals surface area contributed by atoms with Crippen LogP contribution >= 0.6 is 0 Å². The molecule has 0 atom stereocenters. The number of aliphatic carboxylic acids is 1. The van der Waals surface area contributed by atoms with Crippen LogP contribution in [0.2, 0.25) is 0 Å². The minimum absolute atomic E-state index is 0.0873. The van der Waals surface area contributed by atoms with E-state index >= 15 is 0 Å². The number of hydrogen-bond donors (Lipinski definition) is 2. The standard InChI is InChI=1S/C9H11NO2.2C2H6/c1-10-8-4-2-7(3-5-8)6-9(11)12;2*1-2/h2-5,10H,6H2,1H3,(H,11,12);2*1-2H3. The third-order valence-corrected chi connectivity index (χ3v) is 1.60. The molecular formula is C13H23NO2. The summed E-state index contributed by atoms with van der Waals surface area (Å²) in [5.41, 5.74) is 1.81. The number of nitrogens with one attached hydrogen (secondary N) is 1. The molecule has 0 amide bonds. The van der Waals surface area contributed by atoms with E-state index in [1.165, 1.54) is 0 Å². The van der Waals surface area contributed by atoms with Gasteiger partial charge in [-0.25, -0.2) is 0 Å². The van der Waals surface area contributed by atoms with Crippen LogP contribution < -0.4 is 5.32 Å². The topological polar surface area (TPSA) is 49.3 Å². The van der Waals surface area contributed by atoms with Crippen LogP contribution in [0.4, 0.5) is 5.69 Å². The Balaban J connectivity index is 0. The summed E-state index contributed by atoms with van der Waals surface area (Å²) < 4.78 is 0. The zero-order valence-electron chi connectivity index (χ0n) is 10.9. The Labute approximate surface area is 98.5 Å². The van der Waals surface area contributed by atoms with E-state index in [-0.39, 0.29) is 6.42 Å². The van der Waals surface area contributed by atoms with Gasteiger partial charge in [0.1, 0.15) is 0 Å². The molecule has 3 nitrogen and oxygen atoms in total. The molecular weight excluding hydrogens is 202 g/mol. The van der Waals surface area contributed by atoms with Gasteiger partial charge >= 0.3 is 5.97 Å². The molecule has 16 heavy (non-hydrogen) atoms. The molecule has 0 aromatic heterocycles. The van der Waals surface area contributed by atoms with Gasteiger partial charge in [0.2, 0.25) is 0 Å². The van der Waals surface area contributed by atoms with Crippen molar-refractivity contribution in [3.05, 3.63) is 29.8 Å². The average Bonchev–Trinajstić information content (AvgIpc) is 2.34. The van der Waals surface area contributed by atoms with Crippen molar-refractivity contribution in [2.75, 3.05) is 12.4 Å². The predicted octanol–water partition coefficient (Wildman–Crippen LogP) is 3.41. The Bertz CT molecular complexity index is 268. The lowest BCUT2D eigenvalue weighted by Gasteiger charge is -2.00. The minimum Gasteiger partial charge on any atom is -0.481 e. The first-order valence-corrected chi connectivity index (χ1v) is 5.71. The number of carboxylic acids is 1. The highest BCUT2D eigenvalue weighted by Gasteiger charge is 1.98. The Morgan fingerprint density at radius 1 is 1.12 bits per heavy atom. The molecule has 0 bridgehead atoms. The fraction of sp³-hybridized carbons (Fsp3) is 0.462. The highest BCUT2D eigenvalue weighted by molar-refractivity contribution is 5.70. The summed E-state index contributed by atoms with van der Waals surface area (Å²) in [5, 5.41) is 11.4. The zero-order valence-corrected chi connectivity index (χ0v) is 10.9. The third kappa shape index (κ3) is 7.85. The van der Waals surface area contributed by atoms with Crippen molar-refractivity contribution < 1.29 is 9.90 Å². The van der Waals surface area contributed by atoms with Crippen molar-refractivity contribution in [2.45, 2.75) is 34.1 Å². The molecule has 0 aliphatic rings. The number of anilines is 1. The van der Waals surface area contributed by atoms with Gasteiger partial charge in [-0.1, -0.05) is 39.8 Å². The van der Waals surface area contributed by atoms with Crippen molar-refractivity contribution in [3.8, 4) is 0 Å². The summed E-state index contributed by atoms with van der Waals surface area (Å²) >= 11 is 0. The minimum atomic E-state index is -0.799. The summed E-state index contributed by atoms with van der Waals surface area (Å²) in [4.78, 5) is 10.3. The van der Waals surface area contributed by atoms with Gasteiger partial charge in [-0.15, -0.1) is 0 Å². The first kappa shape index (κ1) is 16.9. The van der Waals surface area contributed by atoms with Gasteiger partial charge in [0, 0.05) is 12.7 Å². The van der Waals surface area contributed by atoms with E-state index in [0.717, 1.165) is 11.3 Å². The number of rotatable bonds is 3. The van der Waals surface area contributed by atoms with Crippen LogP contribution in [-0.4, -0.2) is 18.1 Å². The molecule has 1 aromatic rings. The van der Waals surface area contributed by atoms with Gasteiger partial charge in [-0.05, 0) is 17.7 Å². The van der Waals surface area contributed by atoms with Gasteiger partial charge in [0.25, 0.3) is 0 Å². The first-order valence-electron chi connectivity index (χ1n) is 5.71. The normalized spacial score (nSPS) is 7.81. The average molecular weight is 225 g/mol. The molecule has 0 spiro atoms. The monoisotopic (exact) mass is 225 g/mol. The molecule has 3 heteroatoms. The van der Waals surface area contributed by atoms with E-state index in [9.17, 15) is 4.79 Å². The lowest BCUT2D eigenvalue weighted by molar-refractivity contribution is -0.136. The lowest BCUT2D eigenvalue weighted by atomic mass is 10.1. The second kappa shape index (κ2) is 11.6. The zero-order chi connectivity index (χ0) is 13.0. The molecule has 0 fully saturated rings. The number of carboxylic acid groups (broad SMARTS) is 1. The summed E-state index contributed by atoms with van der Waals surface area (Å²) in [7, 11) is 1.83. The fourth-order valence-corrected chi connectivity index (χ4v) is 0.964. The van der Waals surface area contributed by atoms with Gasteiger partial charge in [-0.3, -0.25) is 4.79 Å². The van der Waals surface area contributed by atoms with Crippen LogP contribution in [0.5, 0.6) is 0 Å². The number of hydrogen-bond acceptors (Lipinski definition) is 2.